The first-order valence-electron chi connectivity index (χ1n) is 5.48. The summed E-state index contributed by atoms with van der Waals surface area (Å²) in [6, 6.07) is -0.319. The molecule has 2 amide bonds. The molecular formula is C11H18N4O3. The van der Waals surface area contributed by atoms with Crippen molar-refractivity contribution in [3.63, 3.8) is 0 Å². The molecule has 0 unspecified atom stereocenters. The first kappa shape index (κ1) is 14.0. The molecule has 2 N–H and O–H groups in total. The molecule has 7 nitrogen and oxygen atoms in total. The number of ether oxygens (including phenoxy) is 1. The summed E-state index contributed by atoms with van der Waals surface area (Å²) in [7, 11) is 1.31. The van der Waals surface area contributed by atoms with E-state index in [2.05, 4.69) is 20.5 Å². The van der Waals surface area contributed by atoms with Gasteiger partial charge in [-0.3, -0.25) is 9.48 Å². The number of esters is 1. The molecule has 7 heteroatoms. The molecule has 0 spiro atoms. The second-order valence-corrected chi connectivity index (χ2v) is 4.83. The Morgan fingerprint density at radius 3 is 2.67 bits per heavy atom. The lowest BCUT2D eigenvalue weighted by atomic mass is 10.1. The van der Waals surface area contributed by atoms with Crippen molar-refractivity contribution in [3.8, 4) is 0 Å². The number of methoxy groups -OCH3 is 1. The normalized spacial score (nSPS) is 10.9. The Hall–Kier alpha value is -2.05. The topological polar surface area (TPSA) is 85.2 Å². The fourth-order valence-corrected chi connectivity index (χ4v) is 1.21. The number of carbonyl (C=O) groups excluding carboxylic acids is 2. The Morgan fingerprint density at radius 1 is 1.44 bits per heavy atom. The van der Waals surface area contributed by atoms with E-state index in [4.69, 9.17) is 0 Å². The Morgan fingerprint density at radius 2 is 2.11 bits per heavy atom. The Bertz CT molecular complexity index is 434. The second-order valence-electron chi connectivity index (χ2n) is 4.83. The fourth-order valence-electron chi connectivity index (χ4n) is 1.21. The summed E-state index contributed by atoms with van der Waals surface area (Å²) in [6.07, 6.45) is 3.02. The van der Waals surface area contributed by atoms with Crippen molar-refractivity contribution >= 4 is 17.7 Å². The van der Waals surface area contributed by atoms with E-state index in [1.807, 2.05) is 20.8 Å². The fraction of sp³-hybridized carbons (Fsp3) is 0.545. The van der Waals surface area contributed by atoms with E-state index in [0.29, 0.717) is 5.69 Å². The number of aromatic nitrogens is 2. The monoisotopic (exact) mass is 254 g/mol. The van der Waals surface area contributed by atoms with E-state index in [1.165, 1.54) is 18.0 Å². The molecule has 0 aromatic carbocycles. The highest BCUT2D eigenvalue weighted by molar-refractivity contribution is 5.89. The van der Waals surface area contributed by atoms with Crippen molar-refractivity contribution in [1.82, 2.24) is 15.1 Å². The molecule has 0 aliphatic rings. The zero-order valence-corrected chi connectivity index (χ0v) is 11.0. The molecule has 0 aliphatic carbocycles. The van der Waals surface area contributed by atoms with Crippen LogP contribution in [0.5, 0.6) is 0 Å². The number of hydrogen-bond acceptors (Lipinski definition) is 4. The predicted molar refractivity (Wildman–Crippen MR) is 66.2 cm³/mol. The lowest BCUT2D eigenvalue weighted by Crippen LogP contribution is -2.43. The van der Waals surface area contributed by atoms with Gasteiger partial charge in [-0.15, -0.1) is 0 Å². The van der Waals surface area contributed by atoms with Gasteiger partial charge >= 0.3 is 12.0 Å². The van der Waals surface area contributed by atoms with Gasteiger partial charge in [-0.25, -0.2) is 4.79 Å². The predicted octanol–water partition coefficient (Wildman–Crippen LogP) is 0.976. The molecule has 18 heavy (non-hydrogen) atoms. The van der Waals surface area contributed by atoms with Crippen LogP contribution in [-0.2, 0) is 16.1 Å². The minimum absolute atomic E-state index is 0.0130. The molecule has 1 aromatic heterocycles. The van der Waals surface area contributed by atoms with E-state index in [9.17, 15) is 9.59 Å². The number of anilines is 1. The van der Waals surface area contributed by atoms with Gasteiger partial charge in [0, 0.05) is 11.7 Å². The maximum Gasteiger partial charge on any atom is 0.327 e. The van der Waals surface area contributed by atoms with Gasteiger partial charge in [0.15, 0.2) is 0 Å². The van der Waals surface area contributed by atoms with Gasteiger partial charge in [-0.2, -0.15) is 5.10 Å². The summed E-state index contributed by atoms with van der Waals surface area (Å²) in [4.78, 5) is 22.6. The molecule has 0 bridgehead atoms. The molecule has 1 aromatic rings. The smallest absolute Gasteiger partial charge is 0.327 e. The van der Waals surface area contributed by atoms with Gasteiger partial charge in [0.2, 0.25) is 0 Å². The summed E-state index contributed by atoms with van der Waals surface area (Å²) >= 11 is 0. The van der Waals surface area contributed by atoms with Gasteiger partial charge in [0.25, 0.3) is 0 Å². The summed E-state index contributed by atoms with van der Waals surface area (Å²) in [6.45, 7) is 5.66. The van der Waals surface area contributed by atoms with Crippen LogP contribution in [0.15, 0.2) is 12.4 Å². The van der Waals surface area contributed by atoms with Crippen LogP contribution in [0.3, 0.4) is 0 Å². The molecule has 1 heterocycles. The average Bonchev–Trinajstić information content (AvgIpc) is 2.62. The molecule has 0 radical (unpaired) electrons. The first-order valence-corrected chi connectivity index (χ1v) is 5.48. The maximum absolute atomic E-state index is 11.6. The molecule has 0 atom stereocenters. The van der Waals surface area contributed by atoms with Gasteiger partial charge in [-0.1, -0.05) is 0 Å². The summed E-state index contributed by atoms with van der Waals surface area (Å²) in [5.41, 5.74) is 0.201. The standard InChI is InChI=1S/C11H18N4O3/c1-11(2,3)14-10(17)13-8-5-12-15(6-8)7-9(16)18-4/h5-6H,7H2,1-4H3,(H2,13,14,17). The maximum atomic E-state index is 11.6. The number of hydrogen-bond donors (Lipinski definition) is 2. The SMILES string of the molecule is COC(=O)Cn1cc(NC(=O)NC(C)(C)C)cn1. The molecule has 1 rings (SSSR count). The summed E-state index contributed by atoms with van der Waals surface area (Å²) in [5.74, 6) is -0.399. The number of nitrogens with zero attached hydrogens (tertiary/aromatic N) is 2. The first-order chi connectivity index (χ1) is 8.30. The largest absolute Gasteiger partial charge is 0.468 e. The van der Waals surface area contributed by atoms with Gasteiger partial charge in [0.05, 0.1) is 19.0 Å². The summed E-state index contributed by atoms with van der Waals surface area (Å²) < 4.78 is 5.90. The van der Waals surface area contributed by atoms with Crippen LogP contribution in [-0.4, -0.2) is 34.4 Å². The van der Waals surface area contributed by atoms with E-state index in [-0.39, 0.29) is 18.1 Å². The van der Waals surface area contributed by atoms with Crippen LogP contribution in [0.25, 0.3) is 0 Å². The highest BCUT2D eigenvalue weighted by Gasteiger charge is 2.14. The number of amides is 2. The average molecular weight is 254 g/mol. The lowest BCUT2D eigenvalue weighted by Gasteiger charge is -2.20. The third-order valence-corrected chi connectivity index (χ3v) is 1.90. The van der Waals surface area contributed by atoms with E-state index in [0.717, 1.165) is 0 Å². The third kappa shape index (κ3) is 4.86. The van der Waals surface area contributed by atoms with Gasteiger partial charge in [-0.05, 0) is 20.8 Å². The molecule has 100 valence electrons. The van der Waals surface area contributed by atoms with Gasteiger partial charge in [0.1, 0.15) is 6.54 Å². The van der Waals surface area contributed by atoms with Gasteiger partial charge < -0.3 is 15.4 Å². The second kappa shape index (κ2) is 5.52. The highest BCUT2D eigenvalue weighted by Crippen LogP contribution is 2.06. The molecular weight excluding hydrogens is 236 g/mol. The van der Waals surface area contributed by atoms with E-state index >= 15 is 0 Å². The van der Waals surface area contributed by atoms with Crippen molar-refractivity contribution in [3.05, 3.63) is 12.4 Å². The van der Waals surface area contributed by atoms with E-state index < -0.39 is 5.97 Å². The van der Waals surface area contributed by atoms with E-state index in [1.54, 1.807) is 6.20 Å². The van der Waals surface area contributed by atoms with Crippen molar-refractivity contribution in [2.24, 2.45) is 0 Å². The van der Waals surface area contributed by atoms with Crippen LogP contribution in [0.4, 0.5) is 10.5 Å². The Balaban J connectivity index is 2.54. The minimum atomic E-state index is -0.399. The Labute approximate surface area is 105 Å². The zero-order chi connectivity index (χ0) is 13.8. The van der Waals surface area contributed by atoms with Crippen molar-refractivity contribution in [2.75, 3.05) is 12.4 Å². The van der Waals surface area contributed by atoms with Crippen molar-refractivity contribution < 1.29 is 14.3 Å². The number of nitrogens with one attached hydrogen (secondary N) is 2. The third-order valence-electron chi connectivity index (χ3n) is 1.90. The van der Waals surface area contributed by atoms with Crippen LogP contribution >= 0.6 is 0 Å². The quantitative estimate of drug-likeness (QED) is 0.787. The highest BCUT2D eigenvalue weighted by atomic mass is 16.5. The van der Waals surface area contributed by atoms with Crippen LogP contribution < -0.4 is 10.6 Å². The molecule has 0 aliphatic heterocycles. The Kier molecular flexibility index (Phi) is 4.30. The summed E-state index contributed by atoms with van der Waals surface area (Å²) in [5, 5.41) is 9.30. The zero-order valence-electron chi connectivity index (χ0n) is 11.0. The number of rotatable bonds is 3. The minimum Gasteiger partial charge on any atom is -0.468 e. The molecule has 0 saturated heterocycles. The van der Waals surface area contributed by atoms with Crippen molar-refractivity contribution in [1.29, 1.82) is 0 Å². The molecule has 0 fully saturated rings. The lowest BCUT2D eigenvalue weighted by molar-refractivity contribution is -0.141. The molecule has 0 saturated carbocycles. The van der Waals surface area contributed by atoms with Crippen LogP contribution in [0.1, 0.15) is 20.8 Å². The van der Waals surface area contributed by atoms with Crippen LogP contribution in [0.2, 0.25) is 0 Å². The number of urea groups is 1. The van der Waals surface area contributed by atoms with Crippen molar-refractivity contribution in [2.45, 2.75) is 32.9 Å². The van der Waals surface area contributed by atoms with Crippen LogP contribution in [0, 0.1) is 0 Å². The number of carbonyl (C=O) groups is 2.